The van der Waals surface area contributed by atoms with Crippen molar-refractivity contribution >= 4 is 23.4 Å². The average Bonchev–Trinajstić information content (AvgIpc) is 2.82. The number of aromatic nitrogens is 3. The van der Waals surface area contributed by atoms with E-state index in [4.69, 9.17) is 4.74 Å². The number of nitrogens with zero attached hydrogens (tertiary/aromatic N) is 5. The number of ether oxygens (including phenoxy) is 1. The van der Waals surface area contributed by atoms with Gasteiger partial charge < -0.3 is 15.0 Å². The topological polar surface area (TPSA) is 75.5 Å². The summed E-state index contributed by atoms with van der Waals surface area (Å²) in [5, 5.41) is 2.90. The SMILES string of the molecule is Cc1nc(CN=Cc2ccc(Nc3cccc(C(F)(F)F)c3)cn2)nc(N2CCOCC2)c1F. The van der Waals surface area contributed by atoms with Crippen molar-refractivity contribution in [3.8, 4) is 0 Å². The van der Waals surface area contributed by atoms with Crippen LogP contribution < -0.4 is 10.2 Å². The Bertz CT molecular complexity index is 1160. The number of aliphatic imine (C=N–C) groups is 1. The van der Waals surface area contributed by atoms with Gasteiger partial charge in [-0.1, -0.05) is 6.07 Å². The minimum Gasteiger partial charge on any atom is -0.378 e. The Labute approximate surface area is 193 Å². The predicted molar refractivity (Wildman–Crippen MR) is 120 cm³/mol. The van der Waals surface area contributed by atoms with E-state index in [1.54, 1.807) is 25.1 Å². The van der Waals surface area contributed by atoms with Crippen LogP contribution in [-0.4, -0.2) is 47.5 Å². The number of pyridine rings is 1. The molecule has 4 rings (SSSR count). The summed E-state index contributed by atoms with van der Waals surface area (Å²) < 4.78 is 58.4. The second kappa shape index (κ2) is 10.1. The zero-order valence-corrected chi connectivity index (χ0v) is 18.3. The number of benzene rings is 1. The van der Waals surface area contributed by atoms with Gasteiger partial charge in [0.15, 0.2) is 17.5 Å². The molecule has 0 spiro atoms. The molecule has 0 amide bonds. The first-order chi connectivity index (χ1) is 16.3. The van der Waals surface area contributed by atoms with E-state index in [-0.39, 0.29) is 18.1 Å². The lowest BCUT2D eigenvalue weighted by Crippen LogP contribution is -2.37. The molecule has 2 aromatic heterocycles. The molecule has 7 nitrogen and oxygen atoms in total. The zero-order valence-electron chi connectivity index (χ0n) is 18.3. The van der Waals surface area contributed by atoms with Crippen LogP contribution in [0.1, 0.15) is 22.8 Å². The third-order valence-electron chi connectivity index (χ3n) is 5.08. The van der Waals surface area contributed by atoms with Gasteiger partial charge in [0.2, 0.25) is 0 Å². The van der Waals surface area contributed by atoms with Gasteiger partial charge in [-0.2, -0.15) is 13.2 Å². The van der Waals surface area contributed by atoms with Crippen molar-refractivity contribution in [1.29, 1.82) is 0 Å². The van der Waals surface area contributed by atoms with Gasteiger partial charge in [-0.3, -0.25) is 9.98 Å². The summed E-state index contributed by atoms with van der Waals surface area (Å²) in [6, 6.07) is 8.29. The van der Waals surface area contributed by atoms with E-state index in [0.717, 1.165) is 12.1 Å². The first-order valence-corrected chi connectivity index (χ1v) is 10.6. The molecule has 0 unspecified atom stereocenters. The molecule has 11 heteroatoms. The maximum atomic E-state index is 14.5. The van der Waals surface area contributed by atoms with Gasteiger partial charge in [0.25, 0.3) is 0 Å². The summed E-state index contributed by atoms with van der Waals surface area (Å²) in [5.41, 5.74) is 0.901. The van der Waals surface area contributed by atoms with Gasteiger partial charge >= 0.3 is 6.18 Å². The summed E-state index contributed by atoms with van der Waals surface area (Å²) in [6.45, 7) is 3.87. The molecule has 1 N–H and O–H groups in total. The predicted octanol–water partition coefficient (Wildman–Crippen LogP) is 4.54. The first kappa shape index (κ1) is 23.6. The second-order valence-corrected chi connectivity index (χ2v) is 7.61. The molecular formula is C23H22F4N6O. The molecule has 3 aromatic rings. The molecule has 1 saturated heterocycles. The molecule has 0 atom stereocenters. The number of halogens is 4. The highest BCUT2D eigenvalue weighted by Crippen LogP contribution is 2.31. The molecule has 1 aliphatic heterocycles. The van der Waals surface area contributed by atoms with E-state index in [2.05, 4.69) is 25.3 Å². The monoisotopic (exact) mass is 474 g/mol. The van der Waals surface area contributed by atoms with Crippen molar-refractivity contribution in [2.75, 3.05) is 36.5 Å². The Balaban J connectivity index is 1.40. The van der Waals surface area contributed by atoms with Crippen LogP contribution in [-0.2, 0) is 17.5 Å². The van der Waals surface area contributed by atoms with Crippen LogP contribution in [0.2, 0.25) is 0 Å². The fraction of sp³-hybridized carbons (Fsp3) is 0.304. The van der Waals surface area contributed by atoms with Crippen LogP contribution >= 0.6 is 0 Å². The largest absolute Gasteiger partial charge is 0.416 e. The quantitative estimate of drug-likeness (QED) is 0.418. The van der Waals surface area contributed by atoms with E-state index < -0.39 is 17.6 Å². The Hall–Kier alpha value is -3.60. The van der Waals surface area contributed by atoms with E-state index in [0.29, 0.717) is 49.2 Å². The summed E-state index contributed by atoms with van der Waals surface area (Å²) in [7, 11) is 0. The highest BCUT2D eigenvalue weighted by molar-refractivity contribution is 5.77. The van der Waals surface area contributed by atoms with Gasteiger partial charge in [0.1, 0.15) is 0 Å². The summed E-state index contributed by atoms with van der Waals surface area (Å²) in [4.78, 5) is 18.9. The molecular weight excluding hydrogens is 452 g/mol. The lowest BCUT2D eigenvalue weighted by Gasteiger charge is -2.28. The van der Waals surface area contributed by atoms with Crippen molar-refractivity contribution < 1.29 is 22.3 Å². The van der Waals surface area contributed by atoms with Crippen LogP contribution in [0.15, 0.2) is 47.6 Å². The van der Waals surface area contributed by atoms with Crippen molar-refractivity contribution in [1.82, 2.24) is 15.0 Å². The minimum absolute atomic E-state index is 0.143. The Morgan fingerprint density at radius 1 is 1.12 bits per heavy atom. The molecule has 178 valence electrons. The molecule has 0 bridgehead atoms. The molecule has 0 radical (unpaired) electrons. The summed E-state index contributed by atoms with van der Waals surface area (Å²) in [5.74, 6) is 0.198. The Morgan fingerprint density at radius 2 is 1.91 bits per heavy atom. The molecule has 34 heavy (non-hydrogen) atoms. The third-order valence-corrected chi connectivity index (χ3v) is 5.08. The molecule has 1 aliphatic rings. The van der Waals surface area contributed by atoms with Crippen LogP contribution in [0, 0.1) is 12.7 Å². The number of morpholine rings is 1. The maximum Gasteiger partial charge on any atom is 0.416 e. The highest BCUT2D eigenvalue weighted by Gasteiger charge is 2.30. The zero-order chi connectivity index (χ0) is 24.1. The molecule has 1 aromatic carbocycles. The van der Waals surface area contributed by atoms with Gasteiger partial charge in [-0.05, 0) is 37.3 Å². The van der Waals surface area contributed by atoms with Crippen LogP contribution in [0.3, 0.4) is 0 Å². The molecule has 1 fully saturated rings. The first-order valence-electron chi connectivity index (χ1n) is 10.6. The minimum atomic E-state index is -4.41. The Kier molecular flexibility index (Phi) is 7.01. The molecule has 0 aliphatic carbocycles. The maximum absolute atomic E-state index is 14.5. The number of anilines is 3. The fourth-order valence-corrected chi connectivity index (χ4v) is 3.37. The van der Waals surface area contributed by atoms with Crippen molar-refractivity contribution in [2.24, 2.45) is 4.99 Å². The number of aryl methyl sites for hydroxylation is 1. The van der Waals surface area contributed by atoms with Gasteiger partial charge in [-0.15, -0.1) is 0 Å². The summed E-state index contributed by atoms with van der Waals surface area (Å²) in [6.07, 6.45) is -1.38. The van der Waals surface area contributed by atoms with Crippen LogP contribution in [0.5, 0.6) is 0 Å². The number of rotatable bonds is 6. The average molecular weight is 474 g/mol. The smallest absolute Gasteiger partial charge is 0.378 e. The molecule has 3 heterocycles. The van der Waals surface area contributed by atoms with Crippen molar-refractivity contribution in [3.63, 3.8) is 0 Å². The van der Waals surface area contributed by atoms with Gasteiger partial charge in [-0.25, -0.2) is 14.4 Å². The van der Waals surface area contributed by atoms with E-state index in [1.807, 2.05) is 4.90 Å². The molecule has 0 saturated carbocycles. The van der Waals surface area contributed by atoms with Gasteiger partial charge in [0.05, 0.1) is 48.6 Å². The van der Waals surface area contributed by atoms with Crippen molar-refractivity contribution in [2.45, 2.75) is 19.6 Å². The number of nitrogens with one attached hydrogen (secondary N) is 1. The number of alkyl halides is 3. The lowest BCUT2D eigenvalue weighted by molar-refractivity contribution is -0.137. The number of hydrogen-bond donors (Lipinski definition) is 1. The number of hydrogen-bond acceptors (Lipinski definition) is 7. The fourth-order valence-electron chi connectivity index (χ4n) is 3.37. The van der Waals surface area contributed by atoms with Crippen LogP contribution in [0.4, 0.5) is 34.8 Å². The third kappa shape index (κ3) is 5.84. The van der Waals surface area contributed by atoms with Crippen LogP contribution in [0.25, 0.3) is 0 Å². The van der Waals surface area contributed by atoms with E-state index in [1.165, 1.54) is 18.5 Å². The van der Waals surface area contributed by atoms with Gasteiger partial charge in [0, 0.05) is 25.0 Å². The highest BCUT2D eigenvalue weighted by atomic mass is 19.4. The second-order valence-electron chi connectivity index (χ2n) is 7.61. The van der Waals surface area contributed by atoms with E-state index in [9.17, 15) is 17.6 Å². The lowest BCUT2D eigenvalue weighted by atomic mass is 10.2. The Morgan fingerprint density at radius 3 is 2.62 bits per heavy atom. The van der Waals surface area contributed by atoms with E-state index >= 15 is 0 Å². The normalized spacial score (nSPS) is 14.6. The summed E-state index contributed by atoms with van der Waals surface area (Å²) >= 11 is 0. The van der Waals surface area contributed by atoms with Crippen molar-refractivity contribution in [3.05, 3.63) is 71.2 Å². The standard InChI is InChI=1S/C23H22F4N6O/c1-15-21(24)22(33-7-9-34-10-8-33)32-20(30-15)14-28-12-18-5-6-19(13-29-18)31-17-4-2-3-16(11-17)23(25,26)27/h2-6,11-13,31H,7-10,14H2,1H3.